The van der Waals surface area contributed by atoms with Crippen molar-refractivity contribution < 1.29 is 33.3 Å². The van der Waals surface area contributed by atoms with Gasteiger partial charge in [0.1, 0.15) is 12.4 Å². The summed E-state index contributed by atoms with van der Waals surface area (Å²) in [7, 11) is 1.55. The number of benzene rings is 1. The molecule has 1 aliphatic heterocycles. The van der Waals surface area contributed by atoms with Crippen LogP contribution in [0.5, 0.6) is 11.5 Å². The number of carbonyl (C=O) groups excluding carboxylic acids is 1. The second kappa shape index (κ2) is 7.92. The Bertz CT molecular complexity index is 785. The highest BCUT2D eigenvalue weighted by Gasteiger charge is 2.34. The van der Waals surface area contributed by atoms with Crippen LogP contribution in [0, 0.1) is 0 Å². The van der Waals surface area contributed by atoms with Gasteiger partial charge in [-0.25, -0.2) is 4.79 Å². The average molecular weight is 361 g/mol. The number of hydrogen-bond acceptors (Lipinski definition) is 6. The Morgan fingerprint density at radius 3 is 2.73 bits per heavy atom. The third-order valence-electron chi connectivity index (χ3n) is 3.99. The normalized spacial score (nSPS) is 17.0. The minimum atomic E-state index is -1.11. The maximum Gasteiger partial charge on any atom is 0.328 e. The van der Waals surface area contributed by atoms with Crippen molar-refractivity contribution in [3.05, 3.63) is 47.9 Å². The molecule has 0 saturated carbocycles. The van der Waals surface area contributed by atoms with Gasteiger partial charge in [0.15, 0.2) is 23.3 Å². The third-order valence-corrected chi connectivity index (χ3v) is 3.99. The van der Waals surface area contributed by atoms with Crippen LogP contribution in [-0.4, -0.2) is 54.8 Å². The lowest BCUT2D eigenvalue weighted by Crippen LogP contribution is -2.52. The van der Waals surface area contributed by atoms with Gasteiger partial charge < -0.3 is 28.6 Å². The highest BCUT2D eigenvalue weighted by Crippen LogP contribution is 2.27. The highest BCUT2D eigenvalue weighted by molar-refractivity contribution is 5.94. The lowest BCUT2D eigenvalue weighted by atomic mass is 10.2. The van der Waals surface area contributed by atoms with Crippen LogP contribution in [0.1, 0.15) is 16.3 Å². The van der Waals surface area contributed by atoms with Crippen molar-refractivity contribution in [3.8, 4) is 11.5 Å². The lowest BCUT2D eigenvalue weighted by Gasteiger charge is -2.32. The number of methoxy groups -OCH3 is 1. The van der Waals surface area contributed by atoms with E-state index in [1.54, 1.807) is 25.3 Å². The topological polar surface area (TPSA) is 98.4 Å². The van der Waals surface area contributed by atoms with E-state index in [1.807, 2.05) is 12.1 Å². The molecule has 1 fully saturated rings. The van der Waals surface area contributed by atoms with Crippen LogP contribution >= 0.6 is 0 Å². The van der Waals surface area contributed by atoms with E-state index < -0.39 is 17.9 Å². The quantitative estimate of drug-likeness (QED) is 0.837. The monoisotopic (exact) mass is 361 g/mol. The van der Waals surface area contributed by atoms with Crippen molar-refractivity contribution in [2.24, 2.45) is 0 Å². The minimum absolute atomic E-state index is 0.0362. The largest absolute Gasteiger partial charge is 0.493 e. The van der Waals surface area contributed by atoms with Crippen LogP contribution in [0.15, 0.2) is 40.8 Å². The summed E-state index contributed by atoms with van der Waals surface area (Å²) in [6, 6.07) is 9.30. The first-order chi connectivity index (χ1) is 12.6. The van der Waals surface area contributed by atoms with Crippen molar-refractivity contribution in [1.82, 2.24) is 4.90 Å². The zero-order valence-corrected chi connectivity index (χ0v) is 14.2. The molecule has 0 aliphatic carbocycles. The predicted octanol–water partition coefficient (Wildman–Crippen LogP) is 1.79. The number of morpholine rings is 1. The highest BCUT2D eigenvalue weighted by atomic mass is 16.5. The van der Waals surface area contributed by atoms with Crippen LogP contribution in [0.3, 0.4) is 0 Å². The Morgan fingerprint density at radius 1 is 1.23 bits per heavy atom. The van der Waals surface area contributed by atoms with E-state index >= 15 is 0 Å². The van der Waals surface area contributed by atoms with E-state index in [0.29, 0.717) is 23.9 Å². The van der Waals surface area contributed by atoms with Gasteiger partial charge >= 0.3 is 5.97 Å². The molecule has 0 radical (unpaired) electrons. The molecule has 1 aromatic heterocycles. The van der Waals surface area contributed by atoms with Crippen molar-refractivity contribution in [1.29, 1.82) is 0 Å². The van der Waals surface area contributed by atoms with Crippen molar-refractivity contribution >= 4 is 11.9 Å². The fraction of sp³-hybridized carbons (Fsp3) is 0.333. The second-order valence-corrected chi connectivity index (χ2v) is 5.63. The van der Waals surface area contributed by atoms with Gasteiger partial charge in [-0.1, -0.05) is 12.1 Å². The Kier molecular flexibility index (Phi) is 5.43. The number of para-hydroxylation sites is 2. The number of furan rings is 1. The van der Waals surface area contributed by atoms with Crippen molar-refractivity contribution in [2.75, 3.05) is 26.9 Å². The van der Waals surface area contributed by atoms with E-state index in [1.165, 1.54) is 11.0 Å². The maximum absolute atomic E-state index is 12.6. The van der Waals surface area contributed by atoms with E-state index in [9.17, 15) is 14.7 Å². The van der Waals surface area contributed by atoms with Gasteiger partial charge in [-0.2, -0.15) is 0 Å². The Morgan fingerprint density at radius 2 is 2.00 bits per heavy atom. The lowest BCUT2D eigenvalue weighted by molar-refractivity contribution is -0.147. The second-order valence-electron chi connectivity index (χ2n) is 5.63. The van der Waals surface area contributed by atoms with Crippen LogP contribution in [0.2, 0.25) is 0 Å². The SMILES string of the molecule is COc1ccccc1OCc1ccc(C(=O)N2CCOC[C@@H]2C(=O)O)o1. The van der Waals surface area contributed by atoms with Gasteiger partial charge in [0.05, 0.1) is 20.3 Å². The molecule has 0 spiro atoms. The van der Waals surface area contributed by atoms with E-state index in [0.717, 1.165) is 0 Å². The first-order valence-electron chi connectivity index (χ1n) is 8.06. The summed E-state index contributed by atoms with van der Waals surface area (Å²) >= 11 is 0. The van der Waals surface area contributed by atoms with Gasteiger partial charge in [0.25, 0.3) is 5.91 Å². The van der Waals surface area contributed by atoms with E-state index in [4.69, 9.17) is 18.6 Å². The van der Waals surface area contributed by atoms with Gasteiger partial charge in [-0.05, 0) is 24.3 Å². The molecule has 1 aliphatic rings. The summed E-state index contributed by atoms with van der Waals surface area (Å²) in [5, 5.41) is 9.23. The molecule has 1 N–H and O–H groups in total. The van der Waals surface area contributed by atoms with Gasteiger partial charge in [-0.3, -0.25) is 4.79 Å². The van der Waals surface area contributed by atoms with Crippen LogP contribution < -0.4 is 9.47 Å². The summed E-state index contributed by atoms with van der Waals surface area (Å²) < 4.78 is 21.5. The molecule has 1 saturated heterocycles. The Labute approximate surface area is 149 Å². The number of hydrogen-bond donors (Lipinski definition) is 1. The third kappa shape index (κ3) is 3.80. The van der Waals surface area contributed by atoms with Crippen LogP contribution in [0.25, 0.3) is 0 Å². The zero-order chi connectivity index (χ0) is 18.5. The fourth-order valence-corrected chi connectivity index (χ4v) is 2.65. The summed E-state index contributed by atoms with van der Waals surface area (Å²) in [6.07, 6.45) is 0. The molecule has 8 heteroatoms. The average Bonchev–Trinajstić information content (AvgIpc) is 3.15. The summed E-state index contributed by atoms with van der Waals surface area (Å²) in [5.41, 5.74) is 0. The molecule has 8 nitrogen and oxygen atoms in total. The van der Waals surface area contributed by atoms with Crippen molar-refractivity contribution in [2.45, 2.75) is 12.6 Å². The fourth-order valence-electron chi connectivity index (χ4n) is 2.65. The maximum atomic E-state index is 12.6. The number of carboxylic acid groups (broad SMARTS) is 1. The Hall–Kier alpha value is -3.00. The smallest absolute Gasteiger partial charge is 0.328 e. The number of carbonyl (C=O) groups is 2. The minimum Gasteiger partial charge on any atom is -0.493 e. The van der Waals surface area contributed by atoms with Gasteiger partial charge in [-0.15, -0.1) is 0 Å². The predicted molar refractivity (Wildman–Crippen MR) is 89.3 cm³/mol. The van der Waals surface area contributed by atoms with Gasteiger partial charge in [0, 0.05) is 6.54 Å². The van der Waals surface area contributed by atoms with Gasteiger partial charge in [0.2, 0.25) is 0 Å². The number of carboxylic acids is 1. The number of amides is 1. The molecule has 1 amide bonds. The molecule has 1 aromatic carbocycles. The number of nitrogens with zero attached hydrogens (tertiary/aromatic N) is 1. The summed E-state index contributed by atoms with van der Waals surface area (Å²) in [6.45, 7) is 0.564. The first-order valence-corrected chi connectivity index (χ1v) is 8.06. The number of ether oxygens (including phenoxy) is 3. The molecule has 2 heterocycles. The summed E-state index contributed by atoms with van der Waals surface area (Å²) in [5.74, 6) is 0.0658. The molecular formula is C18H19NO7. The Balaban J connectivity index is 1.67. The summed E-state index contributed by atoms with van der Waals surface area (Å²) in [4.78, 5) is 25.1. The van der Waals surface area contributed by atoms with Crippen LogP contribution in [-0.2, 0) is 16.1 Å². The molecule has 26 heavy (non-hydrogen) atoms. The standard InChI is InChI=1S/C18H19NO7/c1-23-14-4-2-3-5-15(14)25-10-12-6-7-16(26-12)17(20)19-8-9-24-11-13(19)18(21)22/h2-7,13H,8-11H2,1H3,(H,21,22)/t13-/m1/s1. The van der Waals surface area contributed by atoms with E-state index in [2.05, 4.69) is 0 Å². The van der Waals surface area contributed by atoms with E-state index in [-0.39, 0.29) is 25.5 Å². The first kappa shape index (κ1) is 17.8. The molecule has 138 valence electrons. The zero-order valence-electron chi connectivity index (χ0n) is 14.2. The molecule has 0 unspecified atom stereocenters. The van der Waals surface area contributed by atoms with Crippen LogP contribution in [0.4, 0.5) is 0 Å². The molecule has 2 aromatic rings. The van der Waals surface area contributed by atoms with Crippen molar-refractivity contribution in [3.63, 3.8) is 0 Å². The molecular weight excluding hydrogens is 342 g/mol. The number of aliphatic carboxylic acids is 1. The molecule has 3 rings (SSSR count). The number of rotatable bonds is 6. The molecule has 1 atom stereocenters. The molecule has 0 bridgehead atoms.